The first-order valence-corrected chi connectivity index (χ1v) is 10.8. The SMILES string of the molecule is COC(=O)CCCCCn1nc(-c2ccc(OCCCN(C)C)cc2)c2cccnc21. The van der Waals surface area contributed by atoms with E-state index in [-0.39, 0.29) is 5.97 Å². The Bertz CT molecular complexity index is 967. The van der Waals surface area contributed by atoms with E-state index in [2.05, 4.69) is 42.2 Å². The molecule has 0 fully saturated rings. The molecule has 7 heteroatoms. The van der Waals surface area contributed by atoms with E-state index < -0.39 is 0 Å². The molecule has 0 aliphatic heterocycles. The van der Waals surface area contributed by atoms with Crippen LogP contribution < -0.4 is 4.74 Å². The first-order chi connectivity index (χ1) is 15.1. The number of aryl methyl sites for hydroxylation is 1. The second-order valence-electron chi connectivity index (χ2n) is 7.86. The average molecular weight is 425 g/mol. The third-order valence-electron chi connectivity index (χ3n) is 5.13. The van der Waals surface area contributed by atoms with Gasteiger partial charge in [0.1, 0.15) is 11.4 Å². The third kappa shape index (κ3) is 6.52. The van der Waals surface area contributed by atoms with Crippen LogP contribution in [0.3, 0.4) is 0 Å². The highest BCUT2D eigenvalue weighted by atomic mass is 16.5. The van der Waals surface area contributed by atoms with Crippen LogP contribution in [-0.2, 0) is 16.1 Å². The fraction of sp³-hybridized carbons (Fsp3) is 0.458. The number of hydrogen-bond acceptors (Lipinski definition) is 6. The predicted molar refractivity (Wildman–Crippen MR) is 122 cm³/mol. The summed E-state index contributed by atoms with van der Waals surface area (Å²) in [6.07, 6.45) is 5.95. The van der Waals surface area contributed by atoms with E-state index in [0.29, 0.717) is 13.0 Å². The number of nitrogens with zero attached hydrogens (tertiary/aromatic N) is 4. The van der Waals surface area contributed by atoms with Crippen molar-refractivity contribution in [2.45, 2.75) is 38.6 Å². The maximum absolute atomic E-state index is 11.2. The number of ether oxygens (including phenoxy) is 2. The molecule has 0 saturated heterocycles. The molecule has 0 N–H and O–H groups in total. The number of pyridine rings is 1. The van der Waals surface area contributed by atoms with Crippen molar-refractivity contribution in [2.75, 3.05) is 34.4 Å². The van der Waals surface area contributed by atoms with Crippen LogP contribution in [0, 0.1) is 0 Å². The van der Waals surface area contributed by atoms with Gasteiger partial charge >= 0.3 is 5.97 Å². The number of benzene rings is 1. The first-order valence-electron chi connectivity index (χ1n) is 10.8. The zero-order valence-corrected chi connectivity index (χ0v) is 18.7. The van der Waals surface area contributed by atoms with Crippen molar-refractivity contribution in [3.63, 3.8) is 0 Å². The Kier molecular flexibility index (Phi) is 8.41. The number of aromatic nitrogens is 3. The molecule has 7 nitrogen and oxygen atoms in total. The van der Waals surface area contributed by atoms with Crippen molar-refractivity contribution < 1.29 is 14.3 Å². The van der Waals surface area contributed by atoms with Crippen molar-refractivity contribution in [1.29, 1.82) is 0 Å². The molecule has 0 aliphatic carbocycles. The maximum Gasteiger partial charge on any atom is 0.305 e. The largest absolute Gasteiger partial charge is 0.494 e. The number of fused-ring (bicyclic) bond motifs is 1. The van der Waals surface area contributed by atoms with Gasteiger partial charge in [0.25, 0.3) is 0 Å². The van der Waals surface area contributed by atoms with Crippen LogP contribution in [0.2, 0.25) is 0 Å². The summed E-state index contributed by atoms with van der Waals surface area (Å²) >= 11 is 0. The van der Waals surface area contributed by atoms with Crippen LogP contribution in [0.5, 0.6) is 5.75 Å². The number of unbranched alkanes of at least 4 members (excludes halogenated alkanes) is 2. The summed E-state index contributed by atoms with van der Waals surface area (Å²) in [4.78, 5) is 17.9. The van der Waals surface area contributed by atoms with E-state index in [1.54, 1.807) is 6.20 Å². The van der Waals surface area contributed by atoms with Gasteiger partial charge in [0.05, 0.1) is 13.7 Å². The van der Waals surface area contributed by atoms with Crippen molar-refractivity contribution in [3.8, 4) is 17.0 Å². The summed E-state index contributed by atoms with van der Waals surface area (Å²) in [6.45, 7) is 2.48. The lowest BCUT2D eigenvalue weighted by molar-refractivity contribution is -0.140. The highest BCUT2D eigenvalue weighted by molar-refractivity contribution is 5.91. The molecule has 3 rings (SSSR count). The van der Waals surface area contributed by atoms with Crippen LogP contribution in [0.4, 0.5) is 0 Å². The molecule has 0 spiro atoms. The van der Waals surface area contributed by atoms with Crippen LogP contribution >= 0.6 is 0 Å². The molecule has 31 heavy (non-hydrogen) atoms. The molecular weight excluding hydrogens is 392 g/mol. The zero-order valence-electron chi connectivity index (χ0n) is 18.7. The van der Waals surface area contributed by atoms with Gasteiger partial charge in [-0.15, -0.1) is 0 Å². The van der Waals surface area contributed by atoms with Gasteiger partial charge in [-0.3, -0.25) is 4.79 Å². The molecule has 0 unspecified atom stereocenters. The Morgan fingerprint density at radius 3 is 2.61 bits per heavy atom. The Balaban J connectivity index is 1.64. The molecule has 0 amide bonds. The monoisotopic (exact) mass is 424 g/mol. The predicted octanol–water partition coefficient (Wildman–Crippen LogP) is 4.16. The highest BCUT2D eigenvalue weighted by Gasteiger charge is 2.13. The van der Waals surface area contributed by atoms with Crippen LogP contribution in [0.15, 0.2) is 42.6 Å². The van der Waals surface area contributed by atoms with Crippen molar-refractivity contribution >= 4 is 17.0 Å². The molecule has 3 aromatic rings. The van der Waals surface area contributed by atoms with E-state index >= 15 is 0 Å². The fourth-order valence-electron chi connectivity index (χ4n) is 3.47. The summed E-state index contributed by atoms with van der Waals surface area (Å²) in [5.41, 5.74) is 2.86. The Morgan fingerprint density at radius 2 is 1.87 bits per heavy atom. The normalized spacial score (nSPS) is 11.2. The lowest BCUT2D eigenvalue weighted by Crippen LogP contribution is -2.15. The fourth-order valence-corrected chi connectivity index (χ4v) is 3.47. The average Bonchev–Trinajstić information content (AvgIpc) is 3.15. The number of carbonyl (C=O) groups is 1. The van der Waals surface area contributed by atoms with Crippen molar-refractivity contribution in [3.05, 3.63) is 42.6 Å². The third-order valence-corrected chi connectivity index (χ3v) is 5.13. The van der Waals surface area contributed by atoms with Gasteiger partial charge in [-0.25, -0.2) is 9.67 Å². The van der Waals surface area contributed by atoms with E-state index in [1.807, 2.05) is 22.9 Å². The number of esters is 1. The summed E-state index contributed by atoms with van der Waals surface area (Å²) in [5, 5.41) is 5.89. The smallest absolute Gasteiger partial charge is 0.305 e. The lowest BCUT2D eigenvalue weighted by Gasteiger charge is -2.10. The van der Waals surface area contributed by atoms with Crippen molar-refractivity contribution in [2.24, 2.45) is 0 Å². The first kappa shape index (κ1) is 22.7. The van der Waals surface area contributed by atoms with Gasteiger partial charge in [-0.05, 0) is 69.8 Å². The van der Waals surface area contributed by atoms with E-state index in [9.17, 15) is 4.79 Å². The minimum atomic E-state index is -0.154. The van der Waals surface area contributed by atoms with Gasteiger partial charge < -0.3 is 14.4 Å². The molecule has 2 aromatic heterocycles. The van der Waals surface area contributed by atoms with Crippen LogP contribution in [-0.4, -0.2) is 60.0 Å². The standard InChI is InChI=1S/C24H32N4O3/c1-27(2)16-8-18-31-20-13-11-19(12-14-20)23-21-9-7-15-25-24(21)28(26-23)17-6-4-5-10-22(29)30-3/h7,9,11-15H,4-6,8,10,16-18H2,1-3H3. The topological polar surface area (TPSA) is 69.5 Å². The second kappa shape index (κ2) is 11.5. The lowest BCUT2D eigenvalue weighted by atomic mass is 10.1. The van der Waals surface area contributed by atoms with Crippen LogP contribution in [0.1, 0.15) is 32.1 Å². The van der Waals surface area contributed by atoms with Crippen molar-refractivity contribution in [1.82, 2.24) is 19.7 Å². The minimum absolute atomic E-state index is 0.154. The van der Waals surface area contributed by atoms with Gasteiger partial charge in [0.15, 0.2) is 5.65 Å². The molecule has 0 aliphatic rings. The van der Waals surface area contributed by atoms with E-state index in [0.717, 1.165) is 66.8 Å². The van der Waals surface area contributed by atoms with E-state index in [1.165, 1.54) is 7.11 Å². The Hall–Kier alpha value is -2.93. The molecule has 2 heterocycles. The van der Waals surface area contributed by atoms with Gasteiger partial charge in [-0.2, -0.15) is 5.10 Å². The summed E-state index contributed by atoms with van der Waals surface area (Å²) < 4.78 is 12.5. The molecule has 166 valence electrons. The molecule has 0 radical (unpaired) electrons. The Morgan fingerprint density at radius 1 is 1.06 bits per heavy atom. The molecule has 0 bridgehead atoms. The maximum atomic E-state index is 11.2. The summed E-state index contributed by atoms with van der Waals surface area (Å²) in [7, 11) is 5.56. The van der Waals surface area contributed by atoms with Gasteiger partial charge in [0.2, 0.25) is 0 Å². The second-order valence-corrected chi connectivity index (χ2v) is 7.86. The molecule has 0 atom stereocenters. The number of rotatable bonds is 12. The quantitative estimate of drug-likeness (QED) is 0.321. The minimum Gasteiger partial charge on any atom is -0.494 e. The molecular formula is C24H32N4O3. The molecule has 1 aromatic carbocycles. The number of hydrogen-bond donors (Lipinski definition) is 0. The summed E-state index contributed by atoms with van der Waals surface area (Å²) in [5.74, 6) is 0.716. The van der Waals surface area contributed by atoms with Gasteiger partial charge in [0, 0.05) is 36.7 Å². The zero-order chi connectivity index (χ0) is 22.1. The van der Waals surface area contributed by atoms with E-state index in [4.69, 9.17) is 14.6 Å². The van der Waals surface area contributed by atoms with Crippen LogP contribution in [0.25, 0.3) is 22.3 Å². The summed E-state index contributed by atoms with van der Waals surface area (Å²) in [6, 6.07) is 12.1. The number of carbonyl (C=O) groups excluding carboxylic acids is 1. The van der Waals surface area contributed by atoms with Gasteiger partial charge in [-0.1, -0.05) is 6.42 Å². The number of methoxy groups -OCH3 is 1. The molecule has 0 saturated carbocycles. The highest BCUT2D eigenvalue weighted by Crippen LogP contribution is 2.28. The Labute approximate surface area is 184 Å².